The van der Waals surface area contributed by atoms with Crippen LogP contribution >= 0.6 is 0 Å². The largest absolute Gasteiger partial charge is 0.355 e. The van der Waals surface area contributed by atoms with Gasteiger partial charge in [-0.05, 0) is 72.8 Å². The van der Waals surface area contributed by atoms with Crippen molar-refractivity contribution >= 4 is 46.4 Å². The van der Waals surface area contributed by atoms with E-state index >= 15 is 0 Å². The van der Waals surface area contributed by atoms with Crippen LogP contribution in [0.2, 0.25) is 0 Å². The van der Waals surface area contributed by atoms with Crippen molar-refractivity contribution in [3.05, 3.63) is 362 Å². The first-order valence-electron chi connectivity index (χ1n) is 23.1. The van der Waals surface area contributed by atoms with E-state index in [1.165, 1.54) is 0 Å². The summed E-state index contributed by atoms with van der Waals surface area (Å²) in [5.41, 5.74) is 7.86. The summed E-state index contributed by atoms with van der Waals surface area (Å²) in [6.07, 6.45) is 8.05. The third-order valence-electron chi connectivity index (χ3n) is 8.90. The van der Waals surface area contributed by atoms with E-state index in [1.54, 1.807) is 0 Å². The number of benzene rings is 8. The van der Waals surface area contributed by atoms with Gasteiger partial charge in [-0.2, -0.15) is 291 Å². The Morgan fingerprint density at radius 2 is 0.397 bits per heavy atom. The van der Waals surface area contributed by atoms with E-state index in [0.717, 1.165) is 44.8 Å². The van der Waals surface area contributed by atoms with Gasteiger partial charge in [0.15, 0.2) is 0 Å². The second-order valence-corrected chi connectivity index (χ2v) is 14.5. The Morgan fingerprint density at radius 1 is 0.219 bits per heavy atom. The molecule has 0 aliphatic carbocycles. The minimum absolute atomic E-state index is 0. The fourth-order valence-corrected chi connectivity index (χ4v) is 5.68. The number of H-pyrrole nitrogens is 2. The van der Waals surface area contributed by atoms with Crippen LogP contribution in [0.4, 0.5) is 0 Å². The molecule has 4 nitrogen and oxygen atoms in total. The number of rotatable bonds is 0. The van der Waals surface area contributed by atoms with E-state index in [1.807, 2.05) is 285 Å². The van der Waals surface area contributed by atoms with Gasteiger partial charge in [0.25, 0.3) is 0 Å². The minimum Gasteiger partial charge on any atom is -0.355 e. The fourth-order valence-electron chi connectivity index (χ4n) is 5.68. The quantitative estimate of drug-likeness (QED) is 0.149. The third kappa shape index (κ3) is 28.3. The van der Waals surface area contributed by atoms with Crippen LogP contribution in [0.3, 0.4) is 0 Å². The predicted molar refractivity (Wildman–Crippen MR) is 301 cm³/mol. The molecule has 5 heteroatoms. The Balaban J connectivity index is 0.000000196. The number of aromatic nitrogens is 4. The molecule has 0 amide bonds. The molecule has 2 aliphatic rings. The Morgan fingerprint density at radius 3 is 0.562 bits per heavy atom. The first kappa shape index (κ1) is 56.6. The monoisotopic (exact) mass is 1120 g/mol. The molecular weight excluding hydrogens is 1070 g/mol. The van der Waals surface area contributed by atoms with Gasteiger partial charge in [0.2, 0.25) is 0 Å². The maximum absolute atomic E-state index is 4.62. The Kier molecular flexibility index (Phi) is 30.1. The first-order valence-corrected chi connectivity index (χ1v) is 23.1. The van der Waals surface area contributed by atoms with Crippen molar-refractivity contribution in [2.75, 3.05) is 0 Å². The predicted octanol–water partition coefficient (Wildman–Crippen LogP) is 16.5. The summed E-state index contributed by atoms with van der Waals surface area (Å²) in [7, 11) is 0. The van der Waals surface area contributed by atoms with E-state index in [9.17, 15) is 0 Å². The van der Waals surface area contributed by atoms with Gasteiger partial charge in [0, 0.05) is 43.1 Å². The summed E-state index contributed by atoms with van der Waals surface area (Å²) >= 11 is 0. The van der Waals surface area contributed by atoms with E-state index in [-0.39, 0.29) is 21.1 Å². The molecule has 0 radical (unpaired) electrons. The molecule has 0 unspecified atom stereocenters. The molecule has 0 fully saturated rings. The number of nitrogens with one attached hydrogen (secondary N) is 2. The maximum atomic E-state index is 4.62. The number of nitrogens with zero attached hydrogens (tertiary/aromatic N) is 2. The Hall–Kier alpha value is -8.95. The van der Waals surface area contributed by atoms with E-state index in [4.69, 9.17) is 0 Å². The molecule has 3 aromatic heterocycles. The smallest absolute Gasteiger partial charge is 0.0659 e. The second-order valence-electron chi connectivity index (χ2n) is 14.5. The zero-order chi connectivity index (χ0) is 49.9. The summed E-state index contributed by atoms with van der Waals surface area (Å²) in [5, 5.41) is 0. The van der Waals surface area contributed by atoms with Gasteiger partial charge in [-0.15, -0.1) is 0 Å². The van der Waals surface area contributed by atoms with Crippen LogP contribution in [-0.2, 0) is 21.1 Å². The van der Waals surface area contributed by atoms with E-state index in [2.05, 4.69) is 98.8 Å². The number of fused-ring (bicyclic) bond motifs is 8. The minimum atomic E-state index is 0. The van der Waals surface area contributed by atoms with Crippen molar-refractivity contribution < 1.29 is 21.1 Å². The van der Waals surface area contributed by atoms with E-state index in [0.29, 0.717) is 0 Å². The normalized spacial score (nSPS) is 9.42. The molecule has 8 aromatic carbocycles. The number of hydrogen-bond acceptors (Lipinski definition) is 2. The SMILES string of the molecule is C1=Cc2cc3ccc(cc4ccc(cc5nc(cc1n2)C=C5)[nH]4)[nH]3.[Pt].[c-]1ccccc1.[c-]1ccccc1.[c-]1ccccc1.[c-]1ccccc1.[c-]1ccccc1.[c-]1ccccc1.[c-]1ccccc1.[c-]1ccccc1. The Bertz CT molecular complexity index is 2470. The summed E-state index contributed by atoms with van der Waals surface area (Å²) < 4.78 is 0. The number of hydrogen-bond donors (Lipinski definition) is 2. The third-order valence-corrected chi connectivity index (χ3v) is 8.90. The molecule has 11 aromatic rings. The van der Waals surface area contributed by atoms with Crippen LogP contribution in [0.25, 0.3) is 46.4 Å². The summed E-state index contributed by atoms with van der Waals surface area (Å²) in [4.78, 5) is 16.0. The second kappa shape index (κ2) is 38.8. The van der Waals surface area contributed by atoms with Crippen LogP contribution in [0.15, 0.2) is 291 Å². The summed E-state index contributed by atoms with van der Waals surface area (Å²) in [5.74, 6) is 0. The first-order chi connectivity index (χ1) is 35.8. The summed E-state index contributed by atoms with van der Waals surface area (Å²) in [6, 6.07) is 116. The van der Waals surface area contributed by atoms with Crippen molar-refractivity contribution in [1.82, 2.24) is 19.9 Å². The van der Waals surface area contributed by atoms with Gasteiger partial charge in [0.1, 0.15) is 0 Å². The van der Waals surface area contributed by atoms with E-state index < -0.39 is 0 Å². The standard InChI is InChI=1S/C20H14N4.8C6H5.Pt/c1-2-14-10-16-5-6-18(23-16)12-20-8-7-19(24-20)11-17-4-3-15(22-17)9-13(1)21-14;8*1-2-4-6-5-3-1;/h1-12,21-22H;8*1-5H;/q;8*-1;. The molecule has 8 bridgehead atoms. The van der Waals surface area contributed by atoms with Crippen LogP contribution in [-0.4, -0.2) is 19.9 Å². The molecule has 5 heterocycles. The van der Waals surface area contributed by atoms with Crippen LogP contribution in [0, 0.1) is 48.5 Å². The molecule has 73 heavy (non-hydrogen) atoms. The van der Waals surface area contributed by atoms with Gasteiger partial charge in [-0.25, -0.2) is 9.97 Å². The van der Waals surface area contributed by atoms with Crippen molar-refractivity contribution in [3.8, 4) is 0 Å². The zero-order valence-corrected chi connectivity index (χ0v) is 42.5. The van der Waals surface area contributed by atoms with Gasteiger partial charge in [-0.3, -0.25) is 0 Å². The number of aromatic amines is 2. The molecule has 0 atom stereocenters. The average molecular weight is 1120 g/mol. The summed E-state index contributed by atoms with van der Waals surface area (Å²) in [6.45, 7) is 0. The molecule has 364 valence electrons. The van der Waals surface area contributed by atoms with Gasteiger partial charge < -0.3 is 9.97 Å². The molecule has 2 aliphatic heterocycles. The molecule has 0 saturated carbocycles. The van der Waals surface area contributed by atoms with Crippen molar-refractivity contribution in [2.24, 2.45) is 0 Å². The molecule has 13 rings (SSSR count). The molecule has 0 saturated heterocycles. The average Bonchev–Trinajstić information content (AvgIpc) is 4.34. The van der Waals surface area contributed by atoms with Crippen LogP contribution < -0.4 is 0 Å². The Labute approximate surface area is 447 Å². The topological polar surface area (TPSA) is 57.4 Å². The maximum Gasteiger partial charge on any atom is 0.0659 e. The van der Waals surface area contributed by atoms with Crippen molar-refractivity contribution in [1.29, 1.82) is 0 Å². The van der Waals surface area contributed by atoms with Crippen molar-refractivity contribution in [2.45, 2.75) is 0 Å². The van der Waals surface area contributed by atoms with Gasteiger partial charge in [0.05, 0.1) is 22.8 Å². The molecule has 2 N–H and O–H groups in total. The zero-order valence-electron chi connectivity index (χ0n) is 40.2. The van der Waals surface area contributed by atoms with Gasteiger partial charge in [-0.1, -0.05) is 0 Å². The van der Waals surface area contributed by atoms with Crippen LogP contribution in [0.1, 0.15) is 22.8 Å². The van der Waals surface area contributed by atoms with Crippen LogP contribution in [0.5, 0.6) is 0 Å². The van der Waals surface area contributed by atoms with Crippen molar-refractivity contribution in [3.63, 3.8) is 0 Å². The molecule has 0 spiro atoms. The van der Waals surface area contributed by atoms with Gasteiger partial charge >= 0.3 is 0 Å². The fraction of sp³-hybridized carbons (Fsp3) is 0. The molecular formula is C68H54N4Pt-8.